The Morgan fingerprint density at radius 2 is 1.91 bits per heavy atom. The molecule has 1 saturated carbocycles. The minimum atomic E-state index is -1.34. The van der Waals surface area contributed by atoms with E-state index in [4.69, 9.17) is 14.2 Å². The number of hydrogen-bond acceptors (Lipinski definition) is 6. The van der Waals surface area contributed by atoms with Gasteiger partial charge in [0.05, 0.1) is 18.3 Å². The SMILES string of the molecule is CC(C)NC(=O)O[C@@H]1[C@H](O)CC(C)(C)C[C@]12OCc1cc(-c3ccccc3C(=O)O)ccc1O2. The van der Waals surface area contributed by atoms with Crippen molar-refractivity contribution in [3.8, 4) is 16.9 Å². The summed E-state index contributed by atoms with van der Waals surface area (Å²) in [6.07, 6.45) is -1.78. The van der Waals surface area contributed by atoms with E-state index >= 15 is 0 Å². The maximum atomic E-state index is 12.4. The Bertz CT molecular complexity index is 1100. The van der Waals surface area contributed by atoms with Crippen LogP contribution in [0.3, 0.4) is 0 Å². The molecule has 2 aromatic rings. The molecule has 3 atom stereocenters. The number of ether oxygens (including phenoxy) is 3. The van der Waals surface area contributed by atoms with Crippen molar-refractivity contribution >= 4 is 12.1 Å². The Morgan fingerprint density at radius 3 is 2.62 bits per heavy atom. The molecule has 0 saturated heterocycles. The van der Waals surface area contributed by atoms with Crippen LogP contribution < -0.4 is 10.1 Å². The molecule has 182 valence electrons. The minimum Gasteiger partial charge on any atom is -0.478 e. The molecule has 0 radical (unpaired) electrons. The molecule has 2 aromatic carbocycles. The fourth-order valence-corrected chi connectivity index (χ4v) is 4.88. The van der Waals surface area contributed by atoms with Crippen LogP contribution in [-0.2, 0) is 16.1 Å². The van der Waals surface area contributed by atoms with Crippen LogP contribution in [0.4, 0.5) is 4.79 Å². The van der Waals surface area contributed by atoms with Crippen molar-refractivity contribution in [1.82, 2.24) is 5.32 Å². The van der Waals surface area contributed by atoms with Gasteiger partial charge in [-0.25, -0.2) is 9.59 Å². The first-order valence-corrected chi connectivity index (χ1v) is 11.4. The number of carboxylic acid groups (broad SMARTS) is 1. The molecule has 0 unspecified atom stereocenters. The summed E-state index contributed by atoms with van der Waals surface area (Å²) in [4.78, 5) is 24.0. The van der Waals surface area contributed by atoms with Gasteiger partial charge in [-0.15, -0.1) is 0 Å². The van der Waals surface area contributed by atoms with Crippen molar-refractivity contribution in [2.45, 2.75) is 71.2 Å². The summed E-state index contributed by atoms with van der Waals surface area (Å²) < 4.78 is 18.2. The largest absolute Gasteiger partial charge is 0.478 e. The second-order valence-electron chi connectivity index (χ2n) is 10.1. The molecule has 2 aliphatic rings. The Hall–Kier alpha value is -3.10. The van der Waals surface area contributed by atoms with Crippen molar-refractivity contribution in [2.75, 3.05) is 0 Å². The van der Waals surface area contributed by atoms with E-state index in [-0.39, 0.29) is 23.6 Å². The number of carbonyl (C=O) groups excluding carboxylic acids is 1. The van der Waals surface area contributed by atoms with Crippen LogP contribution in [0.25, 0.3) is 11.1 Å². The normalized spacial score (nSPS) is 25.4. The third-order valence-corrected chi connectivity index (χ3v) is 6.19. The van der Waals surface area contributed by atoms with E-state index in [9.17, 15) is 19.8 Å². The number of fused-ring (bicyclic) bond motifs is 1. The lowest BCUT2D eigenvalue weighted by Crippen LogP contribution is -2.64. The molecular formula is C26H31NO7. The van der Waals surface area contributed by atoms with E-state index in [1.165, 1.54) is 0 Å². The number of hydrogen-bond donors (Lipinski definition) is 3. The molecule has 0 bridgehead atoms. The van der Waals surface area contributed by atoms with Crippen LogP contribution in [0, 0.1) is 5.41 Å². The first-order chi connectivity index (χ1) is 16.0. The predicted octanol–water partition coefficient (Wildman–Crippen LogP) is 4.34. The average Bonchev–Trinajstić information content (AvgIpc) is 2.75. The highest BCUT2D eigenvalue weighted by Crippen LogP contribution is 2.48. The number of amides is 1. The number of nitrogens with one attached hydrogen (secondary N) is 1. The third kappa shape index (κ3) is 4.74. The number of aliphatic hydroxyl groups is 1. The lowest BCUT2D eigenvalue weighted by molar-refractivity contribution is -0.304. The van der Waals surface area contributed by atoms with Gasteiger partial charge in [-0.3, -0.25) is 0 Å². The van der Waals surface area contributed by atoms with Gasteiger partial charge in [0.15, 0.2) is 6.10 Å². The van der Waals surface area contributed by atoms with Gasteiger partial charge in [0, 0.05) is 18.0 Å². The van der Waals surface area contributed by atoms with Gasteiger partial charge in [-0.2, -0.15) is 0 Å². The zero-order valence-corrected chi connectivity index (χ0v) is 19.8. The zero-order chi connectivity index (χ0) is 24.7. The summed E-state index contributed by atoms with van der Waals surface area (Å²) in [5.41, 5.74) is 1.96. The van der Waals surface area contributed by atoms with Crippen molar-refractivity contribution < 1.29 is 34.0 Å². The van der Waals surface area contributed by atoms with E-state index in [1.54, 1.807) is 36.4 Å². The molecule has 0 aromatic heterocycles. The first-order valence-electron chi connectivity index (χ1n) is 11.4. The number of carbonyl (C=O) groups is 2. The van der Waals surface area contributed by atoms with E-state index in [0.29, 0.717) is 24.2 Å². The third-order valence-electron chi connectivity index (χ3n) is 6.19. The minimum absolute atomic E-state index is 0.123. The molecule has 1 amide bonds. The summed E-state index contributed by atoms with van der Waals surface area (Å²) in [6, 6.07) is 12.1. The smallest absolute Gasteiger partial charge is 0.407 e. The number of rotatable bonds is 4. The van der Waals surface area contributed by atoms with Gasteiger partial charge in [0.1, 0.15) is 5.75 Å². The molecule has 1 heterocycles. The molecule has 1 spiro atoms. The van der Waals surface area contributed by atoms with Crippen molar-refractivity contribution in [2.24, 2.45) is 5.41 Å². The number of carboxylic acids is 1. The monoisotopic (exact) mass is 469 g/mol. The maximum Gasteiger partial charge on any atom is 0.407 e. The Morgan fingerprint density at radius 1 is 1.18 bits per heavy atom. The van der Waals surface area contributed by atoms with Gasteiger partial charge in [0.25, 0.3) is 5.79 Å². The second-order valence-corrected chi connectivity index (χ2v) is 10.1. The summed E-state index contributed by atoms with van der Waals surface area (Å²) in [5, 5.41) is 23.1. The Balaban J connectivity index is 1.66. The van der Waals surface area contributed by atoms with Gasteiger partial charge in [0.2, 0.25) is 0 Å². The Labute approximate surface area is 198 Å². The predicted molar refractivity (Wildman–Crippen MR) is 125 cm³/mol. The zero-order valence-electron chi connectivity index (χ0n) is 19.8. The number of aliphatic hydroxyl groups excluding tert-OH is 1. The van der Waals surface area contributed by atoms with Crippen LogP contribution in [0.2, 0.25) is 0 Å². The number of benzene rings is 2. The molecule has 8 heteroatoms. The molecule has 8 nitrogen and oxygen atoms in total. The fourth-order valence-electron chi connectivity index (χ4n) is 4.88. The van der Waals surface area contributed by atoms with Crippen LogP contribution in [0.1, 0.15) is 56.5 Å². The standard InChI is InChI=1S/C26H31NO7/c1-15(2)27-24(31)33-22-20(28)12-25(3,4)14-26(22)32-13-17-11-16(9-10-21(17)34-26)18-7-5-6-8-19(18)23(29)30/h5-11,15,20,22,28H,12-14H2,1-4H3,(H,27,31)(H,29,30)/t20-,22-,26-/m1/s1. The van der Waals surface area contributed by atoms with E-state index < -0.39 is 30.1 Å². The van der Waals surface area contributed by atoms with Gasteiger partial charge >= 0.3 is 12.1 Å². The summed E-state index contributed by atoms with van der Waals surface area (Å²) >= 11 is 0. The van der Waals surface area contributed by atoms with Crippen LogP contribution in [0.15, 0.2) is 42.5 Å². The van der Waals surface area contributed by atoms with Crippen molar-refractivity contribution in [1.29, 1.82) is 0 Å². The quantitative estimate of drug-likeness (QED) is 0.610. The Kier molecular flexibility index (Phi) is 6.31. The fraction of sp³-hybridized carbons (Fsp3) is 0.462. The molecule has 1 aliphatic heterocycles. The summed E-state index contributed by atoms with van der Waals surface area (Å²) in [6.45, 7) is 7.82. The highest BCUT2D eigenvalue weighted by Gasteiger charge is 2.58. The molecule has 1 aliphatic carbocycles. The van der Waals surface area contributed by atoms with Gasteiger partial charge in [-0.1, -0.05) is 38.1 Å². The first kappa shape index (κ1) is 24.0. The highest BCUT2D eigenvalue weighted by atomic mass is 16.7. The molecule has 34 heavy (non-hydrogen) atoms. The van der Waals surface area contributed by atoms with E-state index in [1.807, 2.05) is 33.8 Å². The van der Waals surface area contributed by atoms with Crippen molar-refractivity contribution in [3.63, 3.8) is 0 Å². The molecule has 3 N–H and O–H groups in total. The number of alkyl carbamates (subject to hydrolysis) is 1. The highest BCUT2D eigenvalue weighted by molar-refractivity contribution is 5.96. The topological polar surface area (TPSA) is 114 Å². The maximum absolute atomic E-state index is 12.4. The molecule has 4 rings (SSSR count). The lowest BCUT2D eigenvalue weighted by Gasteiger charge is -2.51. The van der Waals surface area contributed by atoms with Gasteiger partial charge < -0.3 is 29.7 Å². The summed E-state index contributed by atoms with van der Waals surface area (Å²) in [7, 11) is 0. The van der Waals surface area contributed by atoms with E-state index in [2.05, 4.69) is 5.32 Å². The van der Waals surface area contributed by atoms with Gasteiger partial charge in [-0.05, 0) is 55.0 Å². The molecular weight excluding hydrogens is 438 g/mol. The van der Waals surface area contributed by atoms with Crippen LogP contribution in [0.5, 0.6) is 5.75 Å². The number of aromatic carboxylic acids is 1. The average molecular weight is 470 g/mol. The second kappa shape index (κ2) is 8.92. The molecule has 1 fully saturated rings. The van der Waals surface area contributed by atoms with E-state index in [0.717, 1.165) is 11.1 Å². The van der Waals surface area contributed by atoms with Crippen LogP contribution >= 0.6 is 0 Å². The lowest BCUT2D eigenvalue weighted by atomic mass is 9.71. The van der Waals surface area contributed by atoms with Crippen LogP contribution in [-0.4, -0.2) is 46.3 Å². The summed E-state index contributed by atoms with van der Waals surface area (Å²) in [5.74, 6) is -1.80. The van der Waals surface area contributed by atoms with Crippen molar-refractivity contribution in [3.05, 3.63) is 53.6 Å².